The van der Waals surface area contributed by atoms with Crippen molar-refractivity contribution in [3.8, 4) is 0 Å². The maximum Gasteiger partial charge on any atom is 0.303 e. The third-order valence-corrected chi connectivity index (χ3v) is 4.38. The van der Waals surface area contributed by atoms with Crippen LogP contribution < -0.4 is 15.5 Å². The minimum absolute atomic E-state index is 0.0579. The quantitative estimate of drug-likeness (QED) is 0.573. The predicted octanol–water partition coefficient (Wildman–Crippen LogP) is 2.67. The molecule has 0 heterocycles. The van der Waals surface area contributed by atoms with E-state index < -0.39 is 12.0 Å². The molecule has 0 saturated carbocycles. The molecule has 0 aliphatic rings. The molecule has 0 fully saturated rings. The van der Waals surface area contributed by atoms with Gasteiger partial charge in [-0.15, -0.1) is 0 Å². The van der Waals surface area contributed by atoms with Gasteiger partial charge in [0.2, 0.25) is 11.8 Å². The molecule has 7 nitrogen and oxygen atoms in total. The van der Waals surface area contributed by atoms with Crippen LogP contribution in [0, 0.1) is 0 Å². The number of benzene rings is 2. The summed E-state index contributed by atoms with van der Waals surface area (Å²) in [7, 11) is 3.87. The topological polar surface area (TPSA) is 98.7 Å². The molecule has 1 unspecified atom stereocenters. The van der Waals surface area contributed by atoms with Crippen LogP contribution in [-0.4, -0.2) is 43.0 Å². The number of carboxylic acid groups (broad SMARTS) is 1. The molecule has 0 bridgehead atoms. The van der Waals surface area contributed by atoms with E-state index in [0.717, 1.165) is 11.3 Å². The minimum atomic E-state index is -0.947. The van der Waals surface area contributed by atoms with Gasteiger partial charge in [-0.1, -0.05) is 30.3 Å². The lowest BCUT2D eigenvalue weighted by Crippen LogP contribution is -2.45. The molecule has 0 aromatic heterocycles. The Morgan fingerprint density at radius 1 is 0.966 bits per heavy atom. The minimum Gasteiger partial charge on any atom is -0.481 e. The highest BCUT2D eigenvalue weighted by Crippen LogP contribution is 2.16. The van der Waals surface area contributed by atoms with E-state index in [1.165, 1.54) is 0 Å². The number of nitrogens with one attached hydrogen (secondary N) is 2. The highest BCUT2D eigenvalue weighted by molar-refractivity contribution is 5.97. The van der Waals surface area contributed by atoms with E-state index in [-0.39, 0.29) is 31.1 Å². The Labute approximate surface area is 170 Å². The van der Waals surface area contributed by atoms with E-state index in [2.05, 4.69) is 10.6 Å². The van der Waals surface area contributed by atoms with Crippen molar-refractivity contribution in [3.63, 3.8) is 0 Å². The smallest absolute Gasteiger partial charge is 0.303 e. The first-order chi connectivity index (χ1) is 13.8. The lowest BCUT2D eigenvalue weighted by Gasteiger charge is -2.19. The van der Waals surface area contributed by atoms with Crippen LogP contribution in [0.3, 0.4) is 0 Å². The van der Waals surface area contributed by atoms with Crippen molar-refractivity contribution in [1.29, 1.82) is 0 Å². The molecule has 154 valence electrons. The van der Waals surface area contributed by atoms with Crippen molar-refractivity contribution in [2.45, 2.75) is 31.7 Å². The average Bonchev–Trinajstić information content (AvgIpc) is 2.68. The summed E-state index contributed by atoms with van der Waals surface area (Å²) in [6, 6.07) is 16.1. The van der Waals surface area contributed by atoms with E-state index in [1.54, 1.807) is 0 Å². The molecule has 0 saturated heterocycles. The lowest BCUT2D eigenvalue weighted by molar-refractivity contribution is -0.137. The lowest BCUT2D eigenvalue weighted by atomic mass is 10.0. The van der Waals surface area contributed by atoms with Crippen LogP contribution in [0.15, 0.2) is 54.6 Å². The number of aliphatic carboxylic acids is 1. The average molecular weight is 397 g/mol. The summed E-state index contributed by atoms with van der Waals surface area (Å²) < 4.78 is 0. The molecular formula is C22H27N3O4. The molecule has 3 N–H and O–H groups in total. The number of nitrogens with zero attached hydrogens (tertiary/aromatic N) is 1. The summed E-state index contributed by atoms with van der Waals surface area (Å²) >= 11 is 0. The summed E-state index contributed by atoms with van der Waals surface area (Å²) in [6.07, 6.45) is 0.545. The molecule has 0 radical (unpaired) electrons. The number of carbonyl (C=O) groups is 3. The standard InChI is InChI=1S/C22H27N3O4/c1-25(2)18-13-11-17(12-14-18)23-22(29)19(15-16-7-4-3-5-8-16)24-20(26)9-6-10-21(27)28/h3-5,7-8,11-14,19H,6,9-10,15H2,1-2H3,(H,23,29)(H,24,26)(H,27,28). The summed E-state index contributed by atoms with van der Waals surface area (Å²) in [5, 5.41) is 14.3. The molecule has 0 spiro atoms. The number of carbonyl (C=O) groups excluding carboxylic acids is 2. The van der Waals surface area contributed by atoms with Gasteiger partial charge in [0.05, 0.1) is 0 Å². The first-order valence-corrected chi connectivity index (χ1v) is 9.48. The maximum absolute atomic E-state index is 12.8. The Balaban J connectivity index is 2.05. The molecule has 7 heteroatoms. The molecule has 2 amide bonds. The van der Waals surface area contributed by atoms with Gasteiger partial charge in [-0.05, 0) is 36.2 Å². The summed E-state index contributed by atoms with van der Waals surface area (Å²) in [5.41, 5.74) is 2.57. The second-order valence-corrected chi connectivity index (χ2v) is 6.99. The number of anilines is 2. The number of hydrogen-bond donors (Lipinski definition) is 3. The van der Waals surface area contributed by atoms with Crippen molar-refractivity contribution in [2.75, 3.05) is 24.3 Å². The van der Waals surface area contributed by atoms with E-state index in [4.69, 9.17) is 5.11 Å². The van der Waals surface area contributed by atoms with Gasteiger partial charge in [-0.2, -0.15) is 0 Å². The van der Waals surface area contributed by atoms with Gasteiger partial charge in [-0.3, -0.25) is 14.4 Å². The van der Waals surface area contributed by atoms with Crippen LogP contribution in [0.2, 0.25) is 0 Å². The van der Waals surface area contributed by atoms with E-state index >= 15 is 0 Å². The second kappa shape index (κ2) is 10.8. The number of amides is 2. The molecule has 2 aromatic rings. The fourth-order valence-corrected chi connectivity index (χ4v) is 2.80. The molecule has 29 heavy (non-hydrogen) atoms. The molecular weight excluding hydrogens is 370 g/mol. The number of carboxylic acids is 1. The van der Waals surface area contributed by atoms with Crippen LogP contribution >= 0.6 is 0 Å². The van der Waals surface area contributed by atoms with Crippen LogP contribution in [-0.2, 0) is 20.8 Å². The fourth-order valence-electron chi connectivity index (χ4n) is 2.80. The zero-order valence-corrected chi connectivity index (χ0v) is 16.7. The highest BCUT2D eigenvalue weighted by Gasteiger charge is 2.21. The second-order valence-electron chi connectivity index (χ2n) is 6.99. The number of rotatable bonds is 10. The van der Waals surface area contributed by atoms with Gasteiger partial charge < -0.3 is 20.6 Å². The van der Waals surface area contributed by atoms with Crippen LogP contribution in [0.4, 0.5) is 11.4 Å². The van der Waals surface area contributed by atoms with Gasteiger partial charge in [0.15, 0.2) is 0 Å². The van der Waals surface area contributed by atoms with Gasteiger partial charge in [0, 0.05) is 44.7 Å². The third kappa shape index (κ3) is 7.65. The molecule has 2 rings (SSSR count). The van der Waals surface area contributed by atoms with Gasteiger partial charge in [-0.25, -0.2) is 0 Å². The van der Waals surface area contributed by atoms with E-state index in [1.807, 2.05) is 73.6 Å². The van der Waals surface area contributed by atoms with Crippen molar-refractivity contribution < 1.29 is 19.5 Å². The first kappa shape index (κ1) is 21.9. The zero-order valence-electron chi connectivity index (χ0n) is 16.7. The van der Waals surface area contributed by atoms with E-state index in [0.29, 0.717) is 12.1 Å². The molecule has 2 aromatic carbocycles. The molecule has 0 aliphatic heterocycles. The largest absolute Gasteiger partial charge is 0.481 e. The first-order valence-electron chi connectivity index (χ1n) is 9.48. The van der Waals surface area contributed by atoms with E-state index in [9.17, 15) is 14.4 Å². The Kier molecular flexibility index (Phi) is 8.21. The van der Waals surface area contributed by atoms with Crippen molar-refractivity contribution in [3.05, 3.63) is 60.2 Å². The molecule has 1 atom stereocenters. The Morgan fingerprint density at radius 3 is 2.21 bits per heavy atom. The normalized spacial score (nSPS) is 11.4. The predicted molar refractivity (Wildman–Crippen MR) is 113 cm³/mol. The Morgan fingerprint density at radius 2 is 1.62 bits per heavy atom. The van der Waals surface area contributed by atoms with Crippen LogP contribution in [0.25, 0.3) is 0 Å². The van der Waals surface area contributed by atoms with Crippen molar-refractivity contribution in [1.82, 2.24) is 5.32 Å². The van der Waals surface area contributed by atoms with Gasteiger partial charge in [0.1, 0.15) is 6.04 Å². The third-order valence-electron chi connectivity index (χ3n) is 4.38. The van der Waals surface area contributed by atoms with Crippen molar-refractivity contribution in [2.24, 2.45) is 0 Å². The highest BCUT2D eigenvalue weighted by atomic mass is 16.4. The van der Waals surface area contributed by atoms with Gasteiger partial charge in [0.25, 0.3) is 0 Å². The fraction of sp³-hybridized carbons (Fsp3) is 0.318. The Hall–Kier alpha value is -3.35. The molecule has 0 aliphatic carbocycles. The van der Waals surface area contributed by atoms with Crippen LogP contribution in [0.1, 0.15) is 24.8 Å². The monoisotopic (exact) mass is 397 g/mol. The summed E-state index contributed by atoms with van der Waals surface area (Å²) in [5.74, 6) is -1.61. The SMILES string of the molecule is CN(C)c1ccc(NC(=O)C(Cc2ccccc2)NC(=O)CCCC(=O)O)cc1. The van der Waals surface area contributed by atoms with Crippen LogP contribution in [0.5, 0.6) is 0 Å². The Bertz CT molecular complexity index is 820. The number of hydrogen-bond acceptors (Lipinski definition) is 4. The zero-order chi connectivity index (χ0) is 21.2. The van der Waals surface area contributed by atoms with Crippen molar-refractivity contribution >= 4 is 29.2 Å². The maximum atomic E-state index is 12.8. The summed E-state index contributed by atoms with van der Waals surface area (Å²) in [6.45, 7) is 0. The van der Waals surface area contributed by atoms with Gasteiger partial charge >= 0.3 is 5.97 Å². The summed E-state index contributed by atoms with van der Waals surface area (Å²) in [4.78, 5) is 37.6.